The second kappa shape index (κ2) is 11.8. The van der Waals surface area contributed by atoms with E-state index in [1.54, 1.807) is 25.3 Å². The predicted molar refractivity (Wildman–Crippen MR) is 142 cm³/mol. The third-order valence-corrected chi connectivity index (χ3v) is 6.92. The standard InChI is InChI=1S/C27H31F3N4OS/c1-31-36-21-13-14-24(26(17-21)35-2)32-15-7-10-20-16-22-23(33-19-8-4-3-5-9-19)11-6-12-25(22)34(20)18-27(28,29)30/h6,11-14,16-17,19,31-33H,3-5,8-9,15,18H2,1-2H3. The topological polar surface area (TPSA) is 50.2 Å². The van der Waals surface area contributed by atoms with Crippen LogP contribution in [0.2, 0.25) is 0 Å². The number of hydrogen-bond donors (Lipinski definition) is 3. The summed E-state index contributed by atoms with van der Waals surface area (Å²) in [5, 5.41) is 7.53. The second-order valence-electron chi connectivity index (χ2n) is 8.77. The number of aromatic nitrogens is 1. The van der Waals surface area contributed by atoms with E-state index in [-0.39, 0.29) is 6.54 Å². The molecule has 192 valence electrons. The largest absolute Gasteiger partial charge is 0.495 e. The third-order valence-electron chi connectivity index (χ3n) is 6.22. The zero-order valence-corrected chi connectivity index (χ0v) is 21.3. The van der Waals surface area contributed by atoms with Crippen molar-refractivity contribution >= 4 is 34.2 Å². The van der Waals surface area contributed by atoms with Gasteiger partial charge >= 0.3 is 6.18 Å². The minimum atomic E-state index is -4.35. The molecule has 1 aromatic heterocycles. The Kier molecular flexibility index (Phi) is 8.60. The van der Waals surface area contributed by atoms with Crippen molar-refractivity contribution < 1.29 is 17.9 Å². The highest BCUT2D eigenvalue weighted by molar-refractivity contribution is 7.97. The molecule has 1 aliphatic rings. The fourth-order valence-corrected chi connectivity index (χ4v) is 5.14. The summed E-state index contributed by atoms with van der Waals surface area (Å²) in [7, 11) is 3.43. The number of fused-ring (bicyclic) bond motifs is 1. The number of anilines is 2. The minimum Gasteiger partial charge on any atom is -0.495 e. The average Bonchev–Trinajstić information content (AvgIpc) is 3.20. The summed E-state index contributed by atoms with van der Waals surface area (Å²) in [6, 6.07) is 13.3. The summed E-state index contributed by atoms with van der Waals surface area (Å²) in [4.78, 5) is 1.00. The highest BCUT2D eigenvalue weighted by atomic mass is 32.2. The molecule has 9 heteroatoms. The van der Waals surface area contributed by atoms with Crippen LogP contribution in [0.25, 0.3) is 10.9 Å². The first-order chi connectivity index (χ1) is 17.4. The third kappa shape index (κ3) is 6.62. The summed E-state index contributed by atoms with van der Waals surface area (Å²) < 4.78 is 50.1. The van der Waals surface area contributed by atoms with Crippen LogP contribution in [0.1, 0.15) is 37.8 Å². The van der Waals surface area contributed by atoms with Crippen molar-refractivity contribution in [3.8, 4) is 17.6 Å². The Hall–Kier alpha value is -2.96. The molecule has 3 aromatic rings. The van der Waals surface area contributed by atoms with Crippen LogP contribution in [-0.4, -0.2) is 37.5 Å². The molecule has 1 fully saturated rings. The molecule has 5 nitrogen and oxygen atoms in total. The van der Waals surface area contributed by atoms with E-state index in [1.807, 2.05) is 31.3 Å². The summed E-state index contributed by atoms with van der Waals surface area (Å²) in [6.07, 6.45) is 1.39. The number of alkyl halides is 3. The molecule has 1 heterocycles. The lowest BCUT2D eigenvalue weighted by molar-refractivity contribution is -0.140. The van der Waals surface area contributed by atoms with Crippen molar-refractivity contribution in [2.24, 2.45) is 0 Å². The molecule has 0 atom stereocenters. The fraction of sp³-hybridized carbons (Fsp3) is 0.407. The maximum Gasteiger partial charge on any atom is 0.406 e. The van der Waals surface area contributed by atoms with Crippen LogP contribution in [0, 0.1) is 11.8 Å². The van der Waals surface area contributed by atoms with Crippen LogP contribution >= 0.6 is 11.9 Å². The van der Waals surface area contributed by atoms with Gasteiger partial charge < -0.3 is 19.9 Å². The predicted octanol–water partition coefficient (Wildman–Crippen LogP) is 6.65. The molecule has 0 aliphatic heterocycles. The molecule has 1 aliphatic carbocycles. The van der Waals surface area contributed by atoms with E-state index in [0.29, 0.717) is 23.0 Å². The van der Waals surface area contributed by atoms with Crippen molar-refractivity contribution in [1.82, 2.24) is 9.29 Å². The van der Waals surface area contributed by atoms with Gasteiger partial charge in [0.25, 0.3) is 0 Å². The van der Waals surface area contributed by atoms with E-state index in [1.165, 1.54) is 35.8 Å². The van der Waals surface area contributed by atoms with Crippen LogP contribution < -0.4 is 20.1 Å². The van der Waals surface area contributed by atoms with Gasteiger partial charge in [0.2, 0.25) is 0 Å². The molecule has 36 heavy (non-hydrogen) atoms. The van der Waals surface area contributed by atoms with Gasteiger partial charge in [-0.25, -0.2) is 0 Å². The SMILES string of the molecule is CNSc1ccc(NCC#Cc2cc3c(NC4CCCCC4)cccc3n2CC(F)(F)F)c(OC)c1. The normalized spacial score (nSPS) is 14.4. The molecule has 4 rings (SSSR count). The van der Waals surface area contributed by atoms with Crippen LogP contribution in [-0.2, 0) is 6.54 Å². The first kappa shape index (κ1) is 26.1. The van der Waals surface area contributed by atoms with Crippen LogP contribution in [0.5, 0.6) is 5.75 Å². The van der Waals surface area contributed by atoms with Gasteiger partial charge in [0, 0.05) is 22.0 Å². The average molecular weight is 517 g/mol. The first-order valence-electron chi connectivity index (χ1n) is 12.1. The summed E-state index contributed by atoms with van der Waals surface area (Å²) >= 11 is 1.47. The molecule has 2 aromatic carbocycles. The van der Waals surface area contributed by atoms with Crippen LogP contribution in [0.3, 0.4) is 0 Å². The monoisotopic (exact) mass is 516 g/mol. The Morgan fingerprint density at radius 2 is 1.89 bits per heavy atom. The zero-order valence-electron chi connectivity index (χ0n) is 20.5. The lowest BCUT2D eigenvalue weighted by Gasteiger charge is -2.24. The Bertz CT molecular complexity index is 1240. The van der Waals surface area contributed by atoms with E-state index >= 15 is 0 Å². The second-order valence-corrected chi connectivity index (χ2v) is 9.86. The zero-order chi connectivity index (χ0) is 25.5. The Morgan fingerprint density at radius 1 is 1.08 bits per heavy atom. The highest BCUT2D eigenvalue weighted by Gasteiger charge is 2.30. The number of rotatable bonds is 8. The van der Waals surface area contributed by atoms with Crippen molar-refractivity contribution in [2.75, 3.05) is 31.3 Å². The molecule has 0 unspecified atom stereocenters. The number of hydrogen-bond acceptors (Lipinski definition) is 5. The van der Waals surface area contributed by atoms with Crippen LogP contribution in [0.4, 0.5) is 24.5 Å². The highest BCUT2D eigenvalue weighted by Crippen LogP contribution is 2.32. The number of benzene rings is 2. The molecular formula is C27H31F3N4OS. The van der Waals surface area contributed by atoms with Crippen molar-refractivity contribution in [2.45, 2.75) is 55.8 Å². The van der Waals surface area contributed by atoms with E-state index in [9.17, 15) is 13.2 Å². The Morgan fingerprint density at radius 3 is 2.61 bits per heavy atom. The van der Waals surface area contributed by atoms with Crippen molar-refractivity contribution in [3.63, 3.8) is 0 Å². The number of methoxy groups -OCH3 is 1. The smallest absolute Gasteiger partial charge is 0.406 e. The van der Waals surface area contributed by atoms with E-state index < -0.39 is 12.7 Å². The van der Waals surface area contributed by atoms with Gasteiger partial charge in [-0.1, -0.05) is 31.2 Å². The van der Waals surface area contributed by atoms with Gasteiger partial charge in [0.05, 0.1) is 30.6 Å². The molecule has 3 N–H and O–H groups in total. The quantitative estimate of drug-likeness (QED) is 0.231. The number of halogens is 3. The van der Waals surface area contributed by atoms with Gasteiger partial charge in [-0.05, 0) is 74.2 Å². The van der Waals surface area contributed by atoms with Gasteiger partial charge in [-0.2, -0.15) is 13.2 Å². The fourth-order valence-electron chi connectivity index (χ4n) is 4.60. The molecule has 0 saturated heterocycles. The maximum absolute atomic E-state index is 13.5. The minimum absolute atomic E-state index is 0.260. The lowest BCUT2D eigenvalue weighted by Crippen LogP contribution is -2.22. The maximum atomic E-state index is 13.5. The molecule has 1 saturated carbocycles. The van der Waals surface area contributed by atoms with E-state index in [0.717, 1.165) is 34.5 Å². The van der Waals surface area contributed by atoms with Crippen LogP contribution in [0.15, 0.2) is 47.4 Å². The number of ether oxygens (including phenoxy) is 1. The van der Waals surface area contributed by atoms with E-state index in [4.69, 9.17) is 4.74 Å². The Labute approximate surface area is 214 Å². The number of nitrogens with one attached hydrogen (secondary N) is 3. The molecule has 0 bridgehead atoms. The van der Waals surface area contributed by atoms with Gasteiger partial charge in [-0.15, -0.1) is 0 Å². The Balaban J connectivity index is 1.58. The lowest BCUT2D eigenvalue weighted by atomic mass is 9.95. The molecule has 0 amide bonds. The van der Waals surface area contributed by atoms with Gasteiger partial charge in [0.1, 0.15) is 12.3 Å². The van der Waals surface area contributed by atoms with Gasteiger partial charge in [0.15, 0.2) is 0 Å². The number of nitrogens with zero attached hydrogens (tertiary/aromatic N) is 1. The molecule has 0 spiro atoms. The summed E-state index contributed by atoms with van der Waals surface area (Å²) in [5.41, 5.74) is 2.51. The van der Waals surface area contributed by atoms with Crippen molar-refractivity contribution in [1.29, 1.82) is 0 Å². The molecular weight excluding hydrogens is 485 g/mol. The summed E-state index contributed by atoms with van der Waals surface area (Å²) in [5.74, 6) is 6.62. The van der Waals surface area contributed by atoms with E-state index in [2.05, 4.69) is 27.2 Å². The first-order valence-corrected chi connectivity index (χ1v) is 12.9. The summed E-state index contributed by atoms with van der Waals surface area (Å²) in [6.45, 7) is -0.825. The van der Waals surface area contributed by atoms with Gasteiger partial charge in [-0.3, -0.25) is 4.72 Å². The van der Waals surface area contributed by atoms with Crippen molar-refractivity contribution in [3.05, 3.63) is 48.2 Å². The molecule has 0 radical (unpaired) electrons.